The molecule has 3 N–H and O–H groups in total. The number of aromatic nitrogens is 1. The Bertz CT molecular complexity index is 993. The van der Waals surface area contributed by atoms with Crippen LogP contribution in [0.2, 0.25) is 0 Å². The summed E-state index contributed by atoms with van der Waals surface area (Å²) in [4.78, 5) is 29.1. The van der Waals surface area contributed by atoms with Crippen LogP contribution >= 0.6 is 0 Å². The molecule has 6 nitrogen and oxygen atoms in total. The van der Waals surface area contributed by atoms with Gasteiger partial charge < -0.3 is 15.7 Å². The van der Waals surface area contributed by atoms with Crippen LogP contribution in [0, 0.1) is 0 Å². The molecule has 1 unspecified atom stereocenters. The van der Waals surface area contributed by atoms with Gasteiger partial charge in [0.25, 0.3) is 0 Å². The van der Waals surface area contributed by atoms with Crippen LogP contribution in [0.1, 0.15) is 30.9 Å². The summed E-state index contributed by atoms with van der Waals surface area (Å²) in [5.74, 6) is -2.07. The van der Waals surface area contributed by atoms with Crippen LogP contribution in [0.5, 0.6) is 0 Å². The minimum atomic E-state index is -1.06. The Morgan fingerprint density at radius 2 is 1.83 bits per heavy atom. The molecule has 148 valence electrons. The van der Waals surface area contributed by atoms with E-state index in [9.17, 15) is 14.7 Å². The number of hydrogen-bond donors (Lipinski definition) is 3. The molecule has 0 spiro atoms. The van der Waals surface area contributed by atoms with Gasteiger partial charge in [-0.3, -0.25) is 9.78 Å². The van der Waals surface area contributed by atoms with Crippen LogP contribution in [0.3, 0.4) is 0 Å². The number of hydrogen-bond acceptors (Lipinski definition) is 4. The average molecular weight is 389 g/mol. The number of dihydropyridines is 1. The number of nitrogens with one attached hydrogen (secondary N) is 2. The number of amides is 1. The number of pyridine rings is 1. The molecule has 1 aromatic carbocycles. The highest BCUT2D eigenvalue weighted by Crippen LogP contribution is 2.37. The van der Waals surface area contributed by atoms with E-state index >= 15 is 0 Å². The van der Waals surface area contributed by atoms with E-state index < -0.39 is 11.9 Å². The molecule has 0 saturated carbocycles. The predicted octanol–water partition coefficient (Wildman–Crippen LogP) is 3.23. The first-order chi connectivity index (χ1) is 14.0. The van der Waals surface area contributed by atoms with Crippen LogP contribution in [0.4, 0.5) is 0 Å². The van der Waals surface area contributed by atoms with Crippen molar-refractivity contribution in [3.05, 3.63) is 94.6 Å². The minimum absolute atomic E-state index is 0.147. The summed E-state index contributed by atoms with van der Waals surface area (Å²) in [7, 11) is 0. The Hall–Kier alpha value is -3.67. The fourth-order valence-electron chi connectivity index (χ4n) is 3.46. The molecule has 29 heavy (non-hydrogen) atoms. The first-order valence-corrected chi connectivity index (χ1v) is 9.30. The van der Waals surface area contributed by atoms with Crippen molar-refractivity contribution in [2.75, 3.05) is 6.54 Å². The maximum absolute atomic E-state index is 13.0. The Kier molecular flexibility index (Phi) is 6.24. The lowest BCUT2D eigenvalue weighted by Gasteiger charge is -2.29. The summed E-state index contributed by atoms with van der Waals surface area (Å²) in [5, 5.41) is 15.7. The van der Waals surface area contributed by atoms with E-state index in [-0.39, 0.29) is 11.5 Å². The van der Waals surface area contributed by atoms with Crippen LogP contribution in [0.15, 0.2) is 83.5 Å². The molecule has 3 rings (SSSR count). The number of benzene rings is 1. The number of carboxylic acids is 1. The number of allylic oxidation sites excluding steroid dienone is 2. The molecule has 0 radical (unpaired) electrons. The van der Waals surface area contributed by atoms with Crippen LogP contribution in [0.25, 0.3) is 6.08 Å². The zero-order valence-electron chi connectivity index (χ0n) is 16.3. The number of carboxylic acid groups (broad SMARTS) is 1. The second kappa shape index (κ2) is 9.01. The minimum Gasteiger partial charge on any atom is -0.478 e. The number of nitrogens with zero attached hydrogens (tertiary/aromatic N) is 1. The summed E-state index contributed by atoms with van der Waals surface area (Å²) in [6, 6.07) is 13.3. The average Bonchev–Trinajstić information content (AvgIpc) is 2.71. The van der Waals surface area contributed by atoms with Gasteiger partial charge in [-0.25, -0.2) is 4.79 Å². The van der Waals surface area contributed by atoms with Crippen LogP contribution < -0.4 is 10.6 Å². The van der Waals surface area contributed by atoms with Gasteiger partial charge in [0.15, 0.2) is 0 Å². The number of carbonyl (C=O) groups is 2. The van der Waals surface area contributed by atoms with Crippen molar-refractivity contribution in [1.82, 2.24) is 15.6 Å². The molecule has 1 aromatic heterocycles. The van der Waals surface area contributed by atoms with E-state index in [2.05, 4.69) is 15.6 Å². The molecule has 0 saturated heterocycles. The van der Waals surface area contributed by atoms with Crippen molar-refractivity contribution in [3.8, 4) is 0 Å². The van der Waals surface area contributed by atoms with E-state index in [0.29, 0.717) is 29.1 Å². The third-order valence-corrected chi connectivity index (χ3v) is 4.74. The van der Waals surface area contributed by atoms with E-state index in [1.54, 1.807) is 38.4 Å². The SMILES string of the molecule is CC1=C(C(=O)O)C(c2cccnc2)C(C(=O)NC/C=C/c2ccccc2)=C(C)N1. The molecule has 1 amide bonds. The normalized spacial score (nSPS) is 16.7. The smallest absolute Gasteiger partial charge is 0.334 e. The maximum Gasteiger partial charge on any atom is 0.334 e. The van der Waals surface area contributed by atoms with Gasteiger partial charge in [-0.1, -0.05) is 48.6 Å². The number of rotatable bonds is 6. The van der Waals surface area contributed by atoms with Gasteiger partial charge in [0.1, 0.15) is 0 Å². The fourth-order valence-corrected chi connectivity index (χ4v) is 3.46. The highest BCUT2D eigenvalue weighted by atomic mass is 16.4. The quantitative estimate of drug-likeness (QED) is 0.706. The van der Waals surface area contributed by atoms with Gasteiger partial charge in [-0.15, -0.1) is 0 Å². The lowest BCUT2D eigenvalue weighted by Crippen LogP contribution is -2.36. The molecular weight excluding hydrogens is 366 g/mol. The van der Waals surface area contributed by atoms with Crippen LogP contribution in [-0.4, -0.2) is 28.5 Å². The highest BCUT2D eigenvalue weighted by molar-refractivity contribution is 6.01. The Balaban J connectivity index is 1.85. The second-order valence-corrected chi connectivity index (χ2v) is 6.75. The lowest BCUT2D eigenvalue weighted by molar-refractivity contribution is -0.133. The van der Waals surface area contributed by atoms with Gasteiger partial charge >= 0.3 is 5.97 Å². The summed E-state index contributed by atoms with van der Waals surface area (Å²) in [6.07, 6.45) is 7.00. The molecule has 0 bridgehead atoms. The van der Waals surface area contributed by atoms with Gasteiger partial charge in [-0.05, 0) is 31.0 Å². The summed E-state index contributed by atoms with van der Waals surface area (Å²) < 4.78 is 0. The summed E-state index contributed by atoms with van der Waals surface area (Å²) in [6.45, 7) is 3.81. The van der Waals surface area contributed by atoms with Crippen molar-refractivity contribution in [2.45, 2.75) is 19.8 Å². The van der Waals surface area contributed by atoms with Gasteiger partial charge in [0, 0.05) is 35.9 Å². The zero-order valence-corrected chi connectivity index (χ0v) is 16.3. The molecule has 1 atom stereocenters. The number of aliphatic carboxylic acids is 1. The monoisotopic (exact) mass is 389 g/mol. The van der Waals surface area contributed by atoms with E-state index in [1.807, 2.05) is 42.5 Å². The van der Waals surface area contributed by atoms with Crippen molar-refractivity contribution in [2.24, 2.45) is 0 Å². The topological polar surface area (TPSA) is 91.3 Å². The molecule has 2 heterocycles. The zero-order chi connectivity index (χ0) is 20.8. The molecular formula is C23H23N3O3. The third kappa shape index (κ3) is 4.60. The standard InChI is InChI=1S/C23H23N3O3/c1-15-19(22(27)25-13-6-10-17-8-4-3-5-9-17)21(18-11-7-12-24-14-18)20(23(28)29)16(2)26-15/h3-12,14,21,26H,13H2,1-2H3,(H,25,27)(H,28,29)/b10-6+. The van der Waals surface area contributed by atoms with Crippen molar-refractivity contribution >= 4 is 18.0 Å². The van der Waals surface area contributed by atoms with Crippen molar-refractivity contribution < 1.29 is 14.7 Å². The molecule has 1 aliphatic rings. The predicted molar refractivity (Wildman–Crippen MR) is 112 cm³/mol. The Morgan fingerprint density at radius 3 is 2.48 bits per heavy atom. The van der Waals surface area contributed by atoms with Crippen LogP contribution in [-0.2, 0) is 9.59 Å². The highest BCUT2D eigenvalue weighted by Gasteiger charge is 2.36. The molecule has 6 heteroatoms. The third-order valence-electron chi connectivity index (χ3n) is 4.74. The van der Waals surface area contributed by atoms with E-state index in [0.717, 1.165) is 5.56 Å². The second-order valence-electron chi connectivity index (χ2n) is 6.75. The van der Waals surface area contributed by atoms with Gasteiger partial charge in [-0.2, -0.15) is 0 Å². The Morgan fingerprint density at radius 1 is 1.10 bits per heavy atom. The first kappa shape index (κ1) is 20.1. The molecule has 0 aliphatic carbocycles. The summed E-state index contributed by atoms with van der Waals surface area (Å²) >= 11 is 0. The Labute approximate surface area is 169 Å². The number of carbonyl (C=O) groups excluding carboxylic acids is 1. The van der Waals surface area contributed by atoms with Crippen molar-refractivity contribution in [3.63, 3.8) is 0 Å². The molecule has 1 aliphatic heterocycles. The largest absolute Gasteiger partial charge is 0.478 e. The van der Waals surface area contributed by atoms with Gasteiger partial charge in [0.2, 0.25) is 5.91 Å². The molecule has 2 aromatic rings. The van der Waals surface area contributed by atoms with Gasteiger partial charge in [0.05, 0.1) is 11.5 Å². The first-order valence-electron chi connectivity index (χ1n) is 9.30. The lowest BCUT2D eigenvalue weighted by atomic mass is 9.80. The van der Waals surface area contributed by atoms with E-state index in [1.165, 1.54) is 0 Å². The van der Waals surface area contributed by atoms with Crippen molar-refractivity contribution in [1.29, 1.82) is 0 Å². The summed E-state index contributed by atoms with van der Waals surface area (Å²) in [5.41, 5.74) is 3.38. The maximum atomic E-state index is 13.0. The molecule has 0 fully saturated rings. The fraction of sp³-hybridized carbons (Fsp3) is 0.174. The van der Waals surface area contributed by atoms with E-state index in [4.69, 9.17) is 0 Å².